The molecule has 2 heterocycles. The van der Waals surface area contributed by atoms with Crippen LogP contribution in [0, 0.1) is 6.92 Å². The Bertz CT molecular complexity index is 1540. The molecule has 184 valence electrons. The molecular formula is C26H21Cl2N3O5. The fourth-order valence-electron chi connectivity index (χ4n) is 3.63. The van der Waals surface area contributed by atoms with E-state index in [1.165, 1.54) is 26.4 Å². The highest BCUT2D eigenvalue weighted by atomic mass is 35.5. The third-order valence-electron chi connectivity index (χ3n) is 5.43. The summed E-state index contributed by atoms with van der Waals surface area (Å²) in [6, 6.07) is 10.2. The van der Waals surface area contributed by atoms with Crippen molar-refractivity contribution in [3.8, 4) is 22.6 Å². The fourth-order valence-corrected chi connectivity index (χ4v) is 4.33. The second kappa shape index (κ2) is 10.3. The summed E-state index contributed by atoms with van der Waals surface area (Å²) in [5, 5.41) is 6.77. The Labute approximate surface area is 216 Å². The molecule has 0 aliphatic carbocycles. The van der Waals surface area contributed by atoms with Gasteiger partial charge in [0, 0.05) is 29.3 Å². The van der Waals surface area contributed by atoms with Crippen molar-refractivity contribution in [3.63, 3.8) is 0 Å². The largest absolute Gasteiger partial charge is 0.495 e. The number of benzene rings is 2. The number of halogens is 2. The summed E-state index contributed by atoms with van der Waals surface area (Å²) < 4.78 is 16.2. The third kappa shape index (κ3) is 4.73. The van der Waals surface area contributed by atoms with Gasteiger partial charge < -0.3 is 24.5 Å². The van der Waals surface area contributed by atoms with Gasteiger partial charge in [-0.15, -0.1) is 0 Å². The number of pyridine rings is 1. The zero-order chi connectivity index (χ0) is 26.0. The second-order valence-electron chi connectivity index (χ2n) is 7.65. The van der Waals surface area contributed by atoms with Crippen LogP contribution in [0.3, 0.4) is 0 Å². The van der Waals surface area contributed by atoms with Crippen LogP contribution >= 0.6 is 23.2 Å². The third-order valence-corrected chi connectivity index (χ3v) is 6.18. The van der Waals surface area contributed by atoms with Crippen LogP contribution in [0.4, 0.5) is 17.2 Å². The van der Waals surface area contributed by atoms with Gasteiger partial charge in [0.2, 0.25) is 5.91 Å². The van der Waals surface area contributed by atoms with Crippen LogP contribution in [0.5, 0.6) is 11.5 Å². The van der Waals surface area contributed by atoms with Crippen molar-refractivity contribution in [1.29, 1.82) is 0 Å². The van der Waals surface area contributed by atoms with Gasteiger partial charge in [0.25, 0.3) is 0 Å². The maximum atomic E-state index is 13.0. The van der Waals surface area contributed by atoms with Crippen molar-refractivity contribution in [2.75, 3.05) is 24.9 Å². The Morgan fingerprint density at radius 2 is 1.81 bits per heavy atom. The maximum Gasteiger partial charge on any atom is 0.344 e. The fraction of sp³-hybridized carbons (Fsp3) is 0.115. The molecule has 0 unspecified atom stereocenters. The van der Waals surface area contributed by atoms with Gasteiger partial charge in [-0.1, -0.05) is 41.9 Å². The Balaban J connectivity index is 1.78. The van der Waals surface area contributed by atoms with Crippen LogP contribution in [-0.2, 0) is 4.79 Å². The quantitative estimate of drug-likeness (QED) is 0.270. The first-order chi connectivity index (χ1) is 17.3. The van der Waals surface area contributed by atoms with Gasteiger partial charge in [-0.3, -0.25) is 4.79 Å². The zero-order valence-corrected chi connectivity index (χ0v) is 21.1. The van der Waals surface area contributed by atoms with Gasteiger partial charge in [0.05, 0.1) is 41.2 Å². The summed E-state index contributed by atoms with van der Waals surface area (Å²) in [5.74, 6) is 0.645. The number of nitrogens with zero attached hydrogens (tertiary/aromatic N) is 1. The van der Waals surface area contributed by atoms with E-state index in [9.17, 15) is 9.59 Å². The summed E-state index contributed by atoms with van der Waals surface area (Å²) in [6.07, 6.45) is 2.73. The molecule has 10 heteroatoms. The molecule has 0 atom stereocenters. The number of carbonyl (C=O) groups excluding carboxylic acids is 1. The first kappa shape index (κ1) is 25.1. The number of hydrogen-bond donors (Lipinski definition) is 2. The van der Waals surface area contributed by atoms with Gasteiger partial charge in [-0.05, 0) is 30.7 Å². The molecule has 4 aromatic rings. The van der Waals surface area contributed by atoms with E-state index < -0.39 is 5.63 Å². The van der Waals surface area contributed by atoms with Crippen LogP contribution < -0.4 is 25.7 Å². The Morgan fingerprint density at radius 3 is 2.44 bits per heavy atom. The van der Waals surface area contributed by atoms with E-state index in [0.717, 1.165) is 5.56 Å². The summed E-state index contributed by atoms with van der Waals surface area (Å²) >= 11 is 13.0. The molecular weight excluding hydrogens is 505 g/mol. The van der Waals surface area contributed by atoms with E-state index in [1.54, 1.807) is 24.4 Å². The van der Waals surface area contributed by atoms with Crippen LogP contribution in [0.2, 0.25) is 10.0 Å². The number of hydrogen-bond acceptors (Lipinski definition) is 7. The number of ether oxygens (including phenoxy) is 2. The molecule has 36 heavy (non-hydrogen) atoms. The molecule has 0 aliphatic heterocycles. The average Bonchev–Trinajstić information content (AvgIpc) is 2.86. The van der Waals surface area contributed by atoms with E-state index in [4.69, 9.17) is 37.1 Å². The first-order valence-electron chi connectivity index (χ1n) is 10.6. The lowest BCUT2D eigenvalue weighted by molar-refractivity contribution is -0.111. The number of carbonyl (C=O) groups is 1. The van der Waals surface area contributed by atoms with Crippen molar-refractivity contribution in [3.05, 3.63) is 81.3 Å². The Morgan fingerprint density at radius 1 is 1.11 bits per heavy atom. The number of amides is 1. The molecule has 0 fully saturated rings. The molecule has 0 bridgehead atoms. The molecule has 0 spiro atoms. The lowest BCUT2D eigenvalue weighted by Gasteiger charge is -2.15. The molecule has 0 radical (unpaired) electrons. The number of nitrogens with one attached hydrogen (secondary N) is 2. The number of para-hydroxylation sites is 1. The van der Waals surface area contributed by atoms with Gasteiger partial charge in [-0.2, -0.15) is 0 Å². The van der Waals surface area contributed by atoms with Gasteiger partial charge >= 0.3 is 5.63 Å². The normalized spacial score (nSPS) is 10.7. The van der Waals surface area contributed by atoms with Gasteiger partial charge in [0.15, 0.2) is 0 Å². The van der Waals surface area contributed by atoms with E-state index in [-0.39, 0.29) is 32.7 Å². The lowest BCUT2D eigenvalue weighted by atomic mass is 10.1. The SMILES string of the molecule is C=CC(=O)Nc1cccc(C)c1Nc1cc2oc(=O)c(-c3c(Cl)c(OC)cc(OC)c3Cl)cc2cn1. The molecule has 2 aromatic heterocycles. The molecule has 4 rings (SSSR count). The summed E-state index contributed by atoms with van der Waals surface area (Å²) in [4.78, 5) is 29.3. The van der Waals surface area contributed by atoms with Crippen molar-refractivity contribution in [2.45, 2.75) is 6.92 Å². The predicted octanol–water partition coefficient (Wildman–Crippen LogP) is 6.36. The highest BCUT2D eigenvalue weighted by Crippen LogP contribution is 2.45. The molecule has 0 saturated heterocycles. The summed E-state index contributed by atoms with van der Waals surface area (Å²) in [5.41, 5.74) is 2.05. The van der Waals surface area contributed by atoms with E-state index >= 15 is 0 Å². The minimum atomic E-state index is -0.659. The molecule has 0 saturated carbocycles. The second-order valence-corrected chi connectivity index (χ2v) is 8.41. The van der Waals surface area contributed by atoms with Gasteiger partial charge in [0.1, 0.15) is 22.9 Å². The summed E-state index contributed by atoms with van der Waals surface area (Å²) in [7, 11) is 2.89. The lowest BCUT2D eigenvalue weighted by Crippen LogP contribution is -2.10. The van der Waals surface area contributed by atoms with Crippen molar-refractivity contribution >= 4 is 57.3 Å². The minimum Gasteiger partial charge on any atom is -0.495 e. The van der Waals surface area contributed by atoms with E-state index in [0.29, 0.717) is 34.1 Å². The number of aryl methyl sites for hydroxylation is 1. The highest BCUT2D eigenvalue weighted by Gasteiger charge is 2.22. The van der Waals surface area contributed by atoms with Gasteiger partial charge in [-0.25, -0.2) is 9.78 Å². The minimum absolute atomic E-state index is 0.130. The van der Waals surface area contributed by atoms with E-state index in [1.807, 2.05) is 19.1 Å². The first-order valence-corrected chi connectivity index (χ1v) is 11.4. The smallest absolute Gasteiger partial charge is 0.344 e. The number of aromatic nitrogens is 1. The van der Waals surface area contributed by atoms with Crippen LogP contribution in [0.15, 0.2) is 64.5 Å². The van der Waals surface area contributed by atoms with Crippen molar-refractivity contribution in [1.82, 2.24) is 4.98 Å². The molecule has 0 aliphatic rings. The topological polar surface area (TPSA) is 103 Å². The van der Waals surface area contributed by atoms with Crippen molar-refractivity contribution < 1.29 is 18.7 Å². The molecule has 1 amide bonds. The van der Waals surface area contributed by atoms with E-state index in [2.05, 4.69) is 22.2 Å². The van der Waals surface area contributed by atoms with Crippen molar-refractivity contribution in [2.24, 2.45) is 0 Å². The standard InChI is InChI=1S/C26H21Cl2N3O5/c1-5-21(32)30-16-8-6-7-13(2)25(16)31-20-11-17-14(12-29-20)9-15(26(33)36-17)22-23(27)18(34-3)10-19(35-4)24(22)28/h5-12H,1H2,2-4H3,(H,29,31)(H,30,32). The predicted molar refractivity (Wildman–Crippen MR) is 142 cm³/mol. The maximum absolute atomic E-state index is 13.0. The molecule has 2 aromatic carbocycles. The monoisotopic (exact) mass is 525 g/mol. The number of rotatable bonds is 7. The Kier molecular flexibility index (Phi) is 7.19. The van der Waals surface area contributed by atoms with Crippen LogP contribution in [0.1, 0.15) is 5.56 Å². The Hall–Kier alpha value is -4.01. The molecule has 8 nitrogen and oxygen atoms in total. The van der Waals surface area contributed by atoms with Crippen LogP contribution in [-0.4, -0.2) is 25.1 Å². The number of anilines is 3. The van der Waals surface area contributed by atoms with Crippen LogP contribution in [0.25, 0.3) is 22.1 Å². The summed E-state index contributed by atoms with van der Waals surface area (Å²) in [6.45, 7) is 5.36. The number of methoxy groups -OCH3 is 2. The highest BCUT2D eigenvalue weighted by molar-refractivity contribution is 6.41. The number of fused-ring (bicyclic) bond motifs is 1. The average molecular weight is 526 g/mol. The molecule has 2 N–H and O–H groups in total. The zero-order valence-electron chi connectivity index (χ0n) is 19.6.